The molecular weight excluding hydrogens is 248 g/mol. The molecule has 1 unspecified atom stereocenters. The van der Waals surface area contributed by atoms with E-state index in [1.807, 2.05) is 0 Å². The molecule has 1 amide bonds. The van der Waals surface area contributed by atoms with Crippen LogP contribution in [0.3, 0.4) is 0 Å². The van der Waals surface area contributed by atoms with Crippen LogP contribution in [0.15, 0.2) is 0 Å². The molecule has 1 rings (SSSR count). The molecule has 0 radical (unpaired) electrons. The fourth-order valence-corrected chi connectivity index (χ4v) is 3.24. The Balaban J connectivity index is 2.80. The summed E-state index contributed by atoms with van der Waals surface area (Å²) in [6.45, 7) is 1.88. The Labute approximate surface area is 99.8 Å². The molecule has 1 atom stereocenters. The third-order valence-corrected chi connectivity index (χ3v) is 4.62. The second-order valence-electron chi connectivity index (χ2n) is 4.37. The van der Waals surface area contributed by atoms with Gasteiger partial charge in [0.1, 0.15) is 0 Å². The maximum atomic E-state index is 11.7. The minimum absolute atomic E-state index is 0.0300. The highest BCUT2D eigenvalue weighted by atomic mass is 32.2. The Hall–Kier alpha value is -1.15. The molecule has 1 saturated heterocycles. The highest BCUT2D eigenvalue weighted by Gasteiger charge is 2.44. The Morgan fingerprint density at radius 2 is 2.06 bits per heavy atom. The average molecular weight is 264 g/mol. The molecule has 0 bridgehead atoms. The molecule has 1 aliphatic rings. The van der Waals surface area contributed by atoms with Crippen LogP contribution >= 0.6 is 0 Å². The number of aliphatic carboxylic acids is 1. The number of carboxylic acid groups (broad SMARTS) is 1. The van der Waals surface area contributed by atoms with Crippen molar-refractivity contribution in [3.63, 3.8) is 0 Å². The first-order valence-corrected chi connectivity index (χ1v) is 6.74. The number of hydrogen-bond acceptors (Lipinski definition) is 4. The monoisotopic (exact) mass is 264 g/mol. The number of amides is 1. The lowest BCUT2D eigenvalue weighted by molar-refractivity contribution is -0.134. The molecule has 0 aromatic carbocycles. The van der Waals surface area contributed by atoms with Gasteiger partial charge in [-0.2, -0.15) is 0 Å². The summed E-state index contributed by atoms with van der Waals surface area (Å²) in [6.07, 6.45) is 0.394. The van der Waals surface area contributed by atoms with Gasteiger partial charge in [0.2, 0.25) is 15.9 Å². The van der Waals surface area contributed by atoms with E-state index >= 15 is 0 Å². The summed E-state index contributed by atoms with van der Waals surface area (Å²) in [5.41, 5.74) is -0.777. The fourth-order valence-electron chi connectivity index (χ4n) is 1.89. The van der Waals surface area contributed by atoms with Gasteiger partial charge in [-0.3, -0.25) is 9.59 Å². The van der Waals surface area contributed by atoms with Gasteiger partial charge < -0.3 is 10.4 Å². The van der Waals surface area contributed by atoms with Crippen LogP contribution in [-0.2, 0) is 19.6 Å². The average Bonchev–Trinajstić information content (AvgIpc) is 2.60. The number of carbonyl (C=O) groups is 2. The van der Waals surface area contributed by atoms with E-state index in [0.29, 0.717) is 6.42 Å². The highest BCUT2D eigenvalue weighted by molar-refractivity contribution is 7.89. The van der Waals surface area contributed by atoms with Gasteiger partial charge in [0.15, 0.2) is 5.75 Å². The predicted octanol–water partition coefficient (Wildman–Crippen LogP) is -1.14. The fraction of sp³-hybridized carbons (Fsp3) is 0.778. The van der Waals surface area contributed by atoms with Crippen LogP contribution in [0.2, 0.25) is 0 Å². The van der Waals surface area contributed by atoms with Crippen LogP contribution in [0, 0.1) is 5.41 Å². The largest absolute Gasteiger partial charge is 0.480 e. The van der Waals surface area contributed by atoms with E-state index in [1.54, 1.807) is 6.92 Å². The minimum atomic E-state index is -3.82. The summed E-state index contributed by atoms with van der Waals surface area (Å²) in [6, 6.07) is 0. The third kappa shape index (κ3) is 2.95. The minimum Gasteiger partial charge on any atom is -0.480 e. The maximum absolute atomic E-state index is 11.7. The van der Waals surface area contributed by atoms with Crippen molar-refractivity contribution in [1.82, 2.24) is 9.62 Å². The van der Waals surface area contributed by atoms with E-state index in [-0.39, 0.29) is 19.0 Å². The normalized spacial score (nSPS) is 25.8. The summed E-state index contributed by atoms with van der Waals surface area (Å²) in [4.78, 5) is 22.0. The lowest BCUT2D eigenvalue weighted by Gasteiger charge is -2.22. The van der Waals surface area contributed by atoms with E-state index in [0.717, 1.165) is 4.31 Å². The maximum Gasteiger partial charge on any atom is 0.320 e. The lowest BCUT2D eigenvalue weighted by Crippen LogP contribution is -2.41. The molecule has 2 N–H and O–H groups in total. The second-order valence-corrected chi connectivity index (χ2v) is 6.34. The Kier molecular flexibility index (Phi) is 3.78. The predicted molar refractivity (Wildman–Crippen MR) is 59.8 cm³/mol. The van der Waals surface area contributed by atoms with E-state index < -0.39 is 27.2 Å². The molecule has 1 heterocycles. The molecule has 0 aromatic rings. The third-order valence-electron chi connectivity index (χ3n) is 2.91. The summed E-state index contributed by atoms with van der Waals surface area (Å²) < 4.78 is 24.4. The topological polar surface area (TPSA) is 104 Å². The van der Waals surface area contributed by atoms with Crippen molar-refractivity contribution in [3.8, 4) is 0 Å². The SMILES string of the molecule is CNC(=O)C1(C)CCN(S(=O)(=O)CC(=O)O)C1. The zero-order chi connectivity index (χ0) is 13.3. The van der Waals surface area contributed by atoms with E-state index in [2.05, 4.69) is 5.32 Å². The first kappa shape index (κ1) is 13.9. The number of rotatable bonds is 4. The van der Waals surface area contributed by atoms with Gasteiger partial charge in [-0.25, -0.2) is 12.7 Å². The van der Waals surface area contributed by atoms with Gasteiger partial charge >= 0.3 is 5.97 Å². The van der Waals surface area contributed by atoms with Crippen LogP contribution in [0.5, 0.6) is 0 Å². The first-order chi connectivity index (χ1) is 7.71. The van der Waals surface area contributed by atoms with Crippen LogP contribution in [0.25, 0.3) is 0 Å². The van der Waals surface area contributed by atoms with Crippen molar-refractivity contribution in [2.24, 2.45) is 5.41 Å². The first-order valence-electron chi connectivity index (χ1n) is 5.13. The number of nitrogens with one attached hydrogen (secondary N) is 1. The van der Waals surface area contributed by atoms with Crippen molar-refractivity contribution in [1.29, 1.82) is 0 Å². The van der Waals surface area contributed by atoms with E-state index in [9.17, 15) is 18.0 Å². The summed E-state index contributed by atoms with van der Waals surface area (Å²) in [7, 11) is -2.33. The van der Waals surface area contributed by atoms with Crippen LogP contribution in [0.4, 0.5) is 0 Å². The number of hydrogen-bond donors (Lipinski definition) is 2. The van der Waals surface area contributed by atoms with Gasteiger partial charge in [-0.05, 0) is 13.3 Å². The van der Waals surface area contributed by atoms with Crippen LogP contribution < -0.4 is 5.32 Å². The van der Waals surface area contributed by atoms with Crippen LogP contribution in [-0.4, -0.2) is 55.6 Å². The molecule has 1 aliphatic heterocycles. The molecule has 1 fully saturated rings. The Morgan fingerprint density at radius 1 is 1.47 bits per heavy atom. The van der Waals surface area contributed by atoms with Gasteiger partial charge in [0, 0.05) is 20.1 Å². The summed E-state index contributed by atoms with van der Waals surface area (Å²) in [5, 5.41) is 11.0. The molecule has 7 nitrogen and oxygen atoms in total. The van der Waals surface area contributed by atoms with Crippen molar-refractivity contribution >= 4 is 21.9 Å². The van der Waals surface area contributed by atoms with Gasteiger partial charge in [-0.15, -0.1) is 0 Å². The number of sulfonamides is 1. The smallest absolute Gasteiger partial charge is 0.320 e. The molecule has 0 aromatic heterocycles. The molecule has 0 aliphatic carbocycles. The standard InChI is InChI=1S/C9H16N2O5S/c1-9(8(14)10-2)3-4-11(6-9)17(15,16)5-7(12)13/h3-6H2,1-2H3,(H,10,14)(H,12,13). The van der Waals surface area contributed by atoms with Crippen LogP contribution in [0.1, 0.15) is 13.3 Å². The Bertz CT molecular complexity index is 433. The lowest BCUT2D eigenvalue weighted by atomic mass is 9.89. The highest BCUT2D eigenvalue weighted by Crippen LogP contribution is 2.31. The molecular formula is C9H16N2O5S. The quantitative estimate of drug-likeness (QED) is 0.668. The number of carbonyl (C=O) groups excluding carboxylic acids is 1. The molecule has 98 valence electrons. The Morgan fingerprint density at radius 3 is 2.53 bits per heavy atom. The second kappa shape index (κ2) is 4.61. The van der Waals surface area contributed by atoms with Gasteiger partial charge in [0.05, 0.1) is 5.41 Å². The zero-order valence-corrected chi connectivity index (χ0v) is 10.6. The zero-order valence-electron chi connectivity index (χ0n) is 9.76. The van der Waals surface area contributed by atoms with E-state index in [1.165, 1.54) is 7.05 Å². The summed E-state index contributed by atoms with van der Waals surface area (Å²) in [5.74, 6) is -2.55. The number of carboxylic acids is 1. The van der Waals surface area contributed by atoms with Crippen molar-refractivity contribution < 1.29 is 23.1 Å². The van der Waals surface area contributed by atoms with Gasteiger partial charge in [0.25, 0.3) is 0 Å². The molecule has 8 heteroatoms. The van der Waals surface area contributed by atoms with E-state index in [4.69, 9.17) is 5.11 Å². The molecule has 17 heavy (non-hydrogen) atoms. The van der Waals surface area contributed by atoms with Crippen molar-refractivity contribution in [3.05, 3.63) is 0 Å². The number of nitrogens with zero attached hydrogens (tertiary/aromatic N) is 1. The summed E-state index contributed by atoms with van der Waals surface area (Å²) >= 11 is 0. The molecule has 0 spiro atoms. The van der Waals surface area contributed by atoms with Crippen molar-refractivity contribution in [2.45, 2.75) is 13.3 Å². The molecule has 0 saturated carbocycles. The van der Waals surface area contributed by atoms with Gasteiger partial charge in [-0.1, -0.05) is 0 Å². The van der Waals surface area contributed by atoms with Crippen molar-refractivity contribution in [2.75, 3.05) is 25.9 Å².